The molecule has 130 valence electrons. The minimum atomic E-state index is -4.45. The van der Waals surface area contributed by atoms with Gasteiger partial charge in [0.15, 0.2) is 5.69 Å². The number of hydrogen-bond acceptors (Lipinski definition) is 3. The van der Waals surface area contributed by atoms with Crippen LogP contribution in [0.4, 0.5) is 17.6 Å². The van der Waals surface area contributed by atoms with Crippen LogP contribution in [-0.2, 0) is 6.18 Å². The Morgan fingerprint density at radius 2 is 1.85 bits per heavy atom. The molecule has 0 fully saturated rings. The number of aromatic nitrogens is 3. The lowest BCUT2D eigenvalue weighted by atomic mass is 10.0. The maximum atomic E-state index is 14.7. The van der Waals surface area contributed by atoms with Crippen LogP contribution in [0.3, 0.4) is 0 Å². The highest BCUT2D eigenvalue weighted by molar-refractivity contribution is 5.74. The standard InChI is InChI=1S/C18H10F4N4/c19-16-12(4-2-6-14(16)17-15(10-23)24-26-25-17)8-7-11-3-1-5-13(9-11)18(20,21)22/h1-9H,(H,24,25,26)/b8-7+. The fourth-order valence-electron chi connectivity index (χ4n) is 2.36. The highest BCUT2D eigenvalue weighted by atomic mass is 19.4. The molecule has 3 rings (SSSR count). The van der Waals surface area contributed by atoms with Crippen molar-refractivity contribution in [1.82, 2.24) is 15.4 Å². The Morgan fingerprint density at radius 1 is 1.08 bits per heavy atom. The quantitative estimate of drug-likeness (QED) is 0.546. The SMILES string of the molecule is N#Cc1[nH]nnc1-c1cccc(/C=C/c2cccc(C(F)(F)F)c2)c1F. The number of alkyl halides is 3. The number of halogens is 4. The zero-order chi connectivity index (χ0) is 18.7. The van der Waals surface area contributed by atoms with Gasteiger partial charge in [-0.25, -0.2) is 9.49 Å². The van der Waals surface area contributed by atoms with Crippen LogP contribution in [-0.4, -0.2) is 15.4 Å². The molecule has 8 heteroatoms. The van der Waals surface area contributed by atoms with E-state index in [0.29, 0.717) is 0 Å². The monoisotopic (exact) mass is 358 g/mol. The van der Waals surface area contributed by atoms with E-state index in [1.165, 1.54) is 36.4 Å². The van der Waals surface area contributed by atoms with Crippen molar-refractivity contribution in [2.24, 2.45) is 0 Å². The zero-order valence-electron chi connectivity index (χ0n) is 13.0. The Balaban J connectivity index is 1.96. The Labute approximate surface area is 145 Å². The number of nitrogens with zero attached hydrogens (tertiary/aromatic N) is 3. The summed E-state index contributed by atoms with van der Waals surface area (Å²) in [5, 5.41) is 18.5. The minimum absolute atomic E-state index is 0.0166. The lowest BCUT2D eigenvalue weighted by Crippen LogP contribution is -2.04. The van der Waals surface area contributed by atoms with E-state index in [1.54, 1.807) is 6.07 Å². The molecule has 2 aromatic carbocycles. The number of nitrogens with one attached hydrogen (secondary N) is 1. The van der Waals surface area contributed by atoms with Gasteiger partial charge in [0.05, 0.1) is 5.56 Å². The third kappa shape index (κ3) is 3.47. The smallest absolute Gasteiger partial charge is 0.247 e. The predicted molar refractivity (Wildman–Crippen MR) is 86.9 cm³/mol. The molecular weight excluding hydrogens is 348 g/mol. The fourth-order valence-corrected chi connectivity index (χ4v) is 2.36. The molecule has 26 heavy (non-hydrogen) atoms. The third-order valence-electron chi connectivity index (χ3n) is 3.61. The largest absolute Gasteiger partial charge is 0.416 e. The van der Waals surface area contributed by atoms with E-state index < -0.39 is 17.6 Å². The van der Waals surface area contributed by atoms with Gasteiger partial charge >= 0.3 is 6.18 Å². The van der Waals surface area contributed by atoms with Gasteiger partial charge in [0.2, 0.25) is 0 Å². The molecule has 1 N–H and O–H groups in total. The van der Waals surface area contributed by atoms with E-state index >= 15 is 0 Å². The van der Waals surface area contributed by atoms with Crippen molar-refractivity contribution in [3.63, 3.8) is 0 Å². The molecule has 0 amide bonds. The van der Waals surface area contributed by atoms with Gasteiger partial charge in [-0.15, -0.1) is 5.10 Å². The van der Waals surface area contributed by atoms with Gasteiger partial charge in [-0.05, 0) is 23.8 Å². The van der Waals surface area contributed by atoms with Gasteiger partial charge in [0, 0.05) is 11.1 Å². The molecule has 0 atom stereocenters. The molecule has 0 aliphatic rings. The molecule has 1 aromatic heterocycles. The van der Waals surface area contributed by atoms with Crippen molar-refractivity contribution < 1.29 is 17.6 Å². The average Bonchev–Trinajstić information content (AvgIpc) is 3.09. The van der Waals surface area contributed by atoms with Crippen molar-refractivity contribution in [2.45, 2.75) is 6.18 Å². The molecule has 0 unspecified atom stereocenters. The van der Waals surface area contributed by atoms with Crippen LogP contribution >= 0.6 is 0 Å². The summed E-state index contributed by atoms with van der Waals surface area (Å²) in [6, 6.07) is 11.0. The number of benzene rings is 2. The topological polar surface area (TPSA) is 65.4 Å². The molecule has 0 aliphatic heterocycles. The van der Waals surface area contributed by atoms with E-state index in [9.17, 15) is 17.6 Å². The van der Waals surface area contributed by atoms with Gasteiger partial charge in [-0.1, -0.05) is 41.6 Å². The first-order valence-corrected chi connectivity index (χ1v) is 7.35. The second-order valence-electron chi connectivity index (χ2n) is 5.31. The third-order valence-corrected chi connectivity index (χ3v) is 3.61. The number of nitriles is 1. The Kier molecular flexibility index (Phi) is 4.54. The molecule has 0 bridgehead atoms. The Morgan fingerprint density at radius 3 is 2.58 bits per heavy atom. The van der Waals surface area contributed by atoms with Gasteiger partial charge in [0.1, 0.15) is 17.6 Å². The number of hydrogen-bond donors (Lipinski definition) is 1. The minimum Gasteiger partial charge on any atom is -0.247 e. The predicted octanol–water partition coefficient (Wildman–Crippen LogP) is 4.67. The molecule has 0 aliphatic carbocycles. The number of aromatic amines is 1. The van der Waals surface area contributed by atoms with Gasteiger partial charge in [0.25, 0.3) is 0 Å². The highest BCUT2D eigenvalue weighted by Crippen LogP contribution is 2.30. The van der Waals surface area contributed by atoms with Gasteiger partial charge < -0.3 is 0 Å². The van der Waals surface area contributed by atoms with Crippen molar-refractivity contribution in [3.05, 3.63) is 70.7 Å². The van der Waals surface area contributed by atoms with Crippen LogP contribution in [0.15, 0.2) is 42.5 Å². The van der Waals surface area contributed by atoms with E-state index in [0.717, 1.165) is 12.1 Å². The number of H-pyrrole nitrogens is 1. The van der Waals surface area contributed by atoms with Crippen LogP contribution in [0.25, 0.3) is 23.4 Å². The van der Waals surface area contributed by atoms with Crippen LogP contribution in [0.2, 0.25) is 0 Å². The molecule has 4 nitrogen and oxygen atoms in total. The van der Waals surface area contributed by atoms with Crippen molar-refractivity contribution in [1.29, 1.82) is 5.26 Å². The molecule has 0 saturated carbocycles. The molecule has 1 heterocycles. The van der Waals surface area contributed by atoms with Gasteiger partial charge in [-0.3, -0.25) is 0 Å². The van der Waals surface area contributed by atoms with Crippen LogP contribution in [0.5, 0.6) is 0 Å². The van der Waals surface area contributed by atoms with Crippen molar-refractivity contribution in [3.8, 4) is 17.3 Å². The van der Waals surface area contributed by atoms with E-state index in [2.05, 4.69) is 15.4 Å². The summed E-state index contributed by atoms with van der Waals surface area (Å²) in [4.78, 5) is 0. The summed E-state index contributed by atoms with van der Waals surface area (Å²) in [5.41, 5.74) is -0.200. The molecule has 0 saturated heterocycles. The van der Waals surface area contributed by atoms with E-state index in [-0.39, 0.29) is 28.1 Å². The Bertz CT molecular complexity index is 1010. The molecule has 0 spiro atoms. The summed E-state index contributed by atoms with van der Waals surface area (Å²) >= 11 is 0. The van der Waals surface area contributed by atoms with Gasteiger partial charge in [-0.2, -0.15) is 18.4 Å². The average molecular weight is 358 g/mol. The van der Waals surface area contributed by atoms with Crippen molar-refractivity contribution >= 4 is 12.2 Å². The summed E-state index contributed by atoms with van der Waals surface area (Å²) in [6.07, 6.45) is -1.71. The number of rotatable bonds is 3. The van der Waals surface area contributed by atoms with Crippen molar-refractivity contribution in [2.75, 3.05) is 0 Å². The maximum Gasteiger partial charge on any atom is 0.416 e. The lowest BCUT2D eigenvalue weighted by molar-refractivity contribution is -0.137. The second-order valence-corrected chi connectivity index (χ2v) is 5.31. The first-order chi connectivity index (χ1) is 12.4. The summed E-state index contributed by atoms with van der Waals surface area (Å²) in [7, 11) is 0. The van der Waals surface area contributed by atoms with Crippen LogP contribution in [0.1, 0.15) is 22.4 Å². The summed E-state index contributed by atoms with van der Waals surface area (Å²) in [6.45, 7) is 0. The normalized spacial score (nSPS) is 11.7. The van der Waals surface area contributed by atoms with E-state index in [1.807, 2.05) is 6.07 Å². The first kappa shape index (κ1) is 17.4. The maximum absolute atomic E-state index is 14.7. The van der Waals surface area contributed by atoms with Crippen LogP contribution < -0.4 is 0 Å². The fraction of sp³-hybridized carbons (Fsp3) is 0.0556. The highest BCUT2D eigenvalue weighted by Gasteiger charge is 2.30. The lowest BCUT2D eigenvalue weighted by Gasteiger charge is -2.07. The molecule has 0 radical (unpaired) electrons. The molecule has 3 aromatic rings. The van der Waals surface area contributed by atoms with Crippen LogP contribution in [0, 0.1) is 17.1 Å². The first-order valence-electron chi connectivity index (χ1n) is 7.35. The second kappa shape index (κ2) is 6.80. The Hall–Kier alpha value is -3.47. The van der Waals surface area contributed by atoms with E-state index in [4.69, 9.17) is 5.26 Å². The zero-order valence-corrected chi connectivity index (χ0v) is 13.0. The summed E-state index contributed by atoms with van der Waals surface area (Å²) in [5.74, 6) is -0.652. The summed E-state index contributed by atoms with van der Waals surface area (Å²) < 4.78 is 53.0. The molecular formula is C18H10F4N4.